The molecule has 1 heterocycles. The van der Waals surface area contributed by atoms with E-state index < -0.39 is 0 Å². The Morgan fingerprint density at radius 2 is 1.24 bits per heavy atom. The Labute approximate surface area is 102 Å². The topological polar surface area (TPSA) is 46.2 Å². The van der Waals surface area contributed by atoms with Crippen LogP contribution in [0.25, 0.3) is 0 Å². The Bertz CT molecular complexity index is 380. The summed E-state index contributed by atoms with van der Waals surface area (Å²) >= 11 is 0. The summed E-state index contributed by atoms with van der Waals surface area (Å²) in [5.74, 6) is 0.150. The minimum absolute atomic E-state index is 0.0748. The largest absolute Gasteiger partial charge is 0.316 e. The molecule has 0 aromatic carbocycles. The number of allylic oxidation sites excluding steroid dienone is 2. The van der Waals surface area contributed by atoms with E-state index in [4.69, 9.17) is 0 Å². The number of carbonyl (C=O) groups is 2. The summed E-state index contributed by atoms with van der Waals surface area (Å²) in [6, 6.07) is 0. The van der Waals surface area contributed by atoms with Gasteiger partial charge in [0.25, 0.3) is 0 Å². The standard InChI is InChI=1S/C12H15NO2.C2H4/c1-7-8(2)12(15)10-4-6-13-5-3-9(10)11(7)14;1-2/h13H,3-6H2,1-2H3;1-2H2. The molecule has 0 bridgehead atoms. The molecule has 0 aromatic heterocycles. The van der Waals surface area contributed by atoms with Crippen LogP contribution in [0.3, 0.4) is 0 Å². The van der Waals surface area contributed by atoms with Crippen LogP contribution in [0.4, 0.5) is 0 Å². The molecule has 0 saturated heterocycles. The van der Waals surface area contributed by atoms with E-state index in [9.17, 15) is 9.59 Å². The van der Waals surface area contributed by atoms with Crippen LogP contribution in [0.5, 0.6) is 0 Å². The zero-order valence-electron chi connectivity index (χ0n) is 10.6. The normalized spacial score (nSPS) is 20.6. The maximum absolute atomic E-state index is 12.0. The molecule has 0 unspecified atom stereocenters. The lowest BCUT2D eigenvalue weighted by Crippen LogP contribution is -2.21. The second-order valence-electron chi connectivity index (χ2n) is 4.12. The lowest BCUT2D eigenvalue weighted by molar-refractivity contribution is -0.116. The van der Waals surface area contributed by atoms with Crippen molar-refractivity contribution in [2.75, 3.05) is 13.1 Å². The van der Waals surface area contributed by atoms with E-state index in [0.717, 1.165) is 24.2 Å². The first kappa shape index (κ1) is 13.6. The van der Waals surface area contributed by atoms with Gasteiger partial charge in [0.2, 0.25) is 0 Å². The first-order valence-corrected chi connectivity index (χ1v) is 5.82. The van der Waals surface area contributed by atoms with E-state index in [-0.39, 0.29) is 11.6 Å². The average Bonchev–Trinajstić information content (AvgIpc) is 2.62. The summed E-state index contributed by atoms with van der Waals surface area (Å²) in [4.78, 5) is 23.9. The summed E-state index contributed by atoms with van der Waals surface area (Å²) in [5, 5.41) is 3.21. The number of rotatable bonds is 0. The van der Waals surface area contributed by atoms with Crippen LogP contribution in [0.1, 0.15) is 26.7 Å². The van der Waals surface area contributed by atoms with Gasteiger partial charge in [0.1, 0.15) is 0 Å². The number of Topliss-reactive ketones (excluding diaryl/α,β-unsaturated/α-hetero) is 2. The van der Waals surface area contributed by atoms with Crippen LogP contribution < -0.4 is 5.32 Å². The van der Waals surface area contributed by atoms with E-state index in [1.807, 2.05) is 0 Å². The van der Waals surface area contributed by atoms with Gasteiger partial charge in [-0.3, -0.25) is 9.59 Å². The highest BCUT2D eigenvalue weighted by atomic mass is 16.1. The van der Waals surface area contributed by atoms with Crippen molar-refractivity contribution in [3.8, 4) is 0 Å². The Balaban J connectivity index is 0.000000686. The first-order valence-electron chi connectivity index (χ1n) is 5.82. The van der Waals surface area contributed by atoms with Crippen molar-refractivity contribution in [3.05, 3.63) is 35.5 Å². The van der Waals surface area contributed by atoms with Gasteiger partial charge in [0.05, 0.1) is 0 Å². The summed E-state index contributed by atoms with van der Waals surface area (Å²) < 4.78 is 0. The highest BCUT2D eigenvalue weighted by Crippen LogP contribution is 2.28. The smallest absolute Gasteiger partial charge is 0.185 e. The van der Waals surface area contributed by atoms with Crippen LogP contribution in [-0.2, 0) is 9.59 Å². The van der Waals surface area contributed by atoms with Crippen LogP contribution >= 0.6 is 0 Å². The predicted molar refractivity (Wildman–Crippen MR) is 68.8 cm³/mol. The third kappa shape index (κ3) is 2.44. The molecule has 3 nitrogen and oxygen atoms in total. The molecule has 0 aromatic rings. The molecule has 0 fully saturated rings. The molecule has 0 radical (unpaired) electrons. The van der Waals surface area contributed by atoms with Gasteiger partial charge in [0, 0.05) is 22.3 Å². The van der Waals surface area contributed by atoms with E-state index in [0.29, 0.717) is 24.0 Å². The average molecular weight is 233 g/mol. The molecule has 2 rings (SSSR count). The molecule has 1 aliphatic carbocycles. The zero-order valence-corrected chi connectivity index (χ0v) is 10.6. The van der Waals surface area contributed by atoms with Crippen molar-refractivity contribution in [2.24, 2.45) is 0 Å². The molecule has 0 atom stereocenters. The first-order chi connectivity index (χ1) is 8.13. The maximum atomic E-state index is 12.0. The summed E-state index contributed by atoms with van der Waals surface area (Å²) in [7, 11) is 0. The van der Waals surface area contributed by atoms with Crippen LogP contribution in [-0.4, -0.2) is 24.7 Å². The maximum Gasteiger partial charge on any atom is 0.185 e. The molecule has 17 heavy (non-hydrogen) atoms. The molecular formula is C14H19NO2. The van der Waals surface area contributed by atoms with E-state index >= 15 is 0 Å². The third-order valence-corrected chi connectivity index (χ3v) is 3.26. The second-order valence-corrected chi connectivity index (χ2v) is 4.12. The molecule has 2 aliphatic rings. The number of hydrogen-bond acceptors (Lipinski definition) is 3. The minimum Gasteiger partial charge on any atom is -0.316 e. The zero-order chi connectivity index (χ0) is 13.0. The number of nitrogens with one attached hydrogen (secondary N) is 1. The molecule has 92 valence electrons. The Morgan fingerprint density at radius 1 is 0.882 bits per heavy atom. The quantitative estimate of drug-likeness (QED) is 0.514. The molecular weight excluding hydrogens is 214 g/mol. The van der Waals surface area contributed by atoms with Crippen molar-refractivity contribution in [1.82, 2.24) is 5.32 Å². The Morgan fingerprint density at radius 3 is 1.59 bits per heavy atom. The summed E-state index contributed by atoms with van der Waals surface area (Å²) in [6.07, 6.45) is 1.37. The lowest BCUT2D eigenvalue weighted by atomic mass is 9.83. The summed E-state index contributed by atoms with van der Waals surface area (Å²) in [5.41, 5.74) is 2.74. The third-order valence-electron chi connectivity index (χ3n) is 3.26. The Kier molecular flexibility index (Phi) is 4.58. The fraction of sp³-hybridized carbons (Fsp3) is 0.429. The van der Waals surface area contributed by atoms with Crippen molar-refractivity contribution < 1.29 is 9.59 Å². The van der Waals surface area contributed by atoms with E-state index in [1.165, 1.54) is 0 Å². The van der Waals surface area contributed by atoms with Crippen LogP contribution in [0.2, 0.25) is 0 Å². The van der Waals surface area contributed by atoms with Gasteiger partial charge in [-0.25, -0.2) is 0 Å². The number of hydrogen-bond donors (Lipinski definition) is 1. The lowest BCUT2D eigenvalue weighted by Gasteiger charge is -2.18. The Hall–Kier alpha value is -1.48. The molecule has 1 N–H and O–H groups in total. The van der Waals surface area contributed by atoms with E-state index in [2.05, 4.69) is 18.5 Å². The molecule has 0 saturated carbocycles. The van der Waals surface area contributed by atoms with Crippen molar-refractivity contribution >= 4 is 11.6 Å². The fourth-order valence-electron chi connectivity index (χ4n) is 2.15. The minimum atomic E-state index is 0.0748. The fourth-order valence-corrected chi connectivity index (χ4v) is 2.15. The monoisotopic (exact) mass is 233 g/mol. The molecule has 1 aliphatic heterocycles. The predicted octanol–water partition coefficient (Wildman–Crippen LogP) is 1.96. The van der Waals surface area contributed by atoms with Gasteiger partial charge in [-0.15, -0.1) is 13.2 Å². The number of carbonyl (C=O) groups excluding carboxylic acids is 2. The van der Waals surface area contributed by atoms with Gasteiger partial charge in [-0.1, -0.05) is 0 Å². The van der Waals surface area contributed by atoms with Crippen molar-refractivity contribution in [1.29, 1.82) is 0 Å². The highest BCUT2D eigenvalue weighted by Gasteiger charge is 2.30. The van der Waals surface area contributed by atoms with Gasteiger partial charge in [-0.05, 0) is 39.8 Å². The van der Waals surface area contributed by atoms with Gasteiger partial charge in [-0.2, -0.15) is 0 Å². The van der Waals surface area contributed by atoms with Crippen LogP contribution in [0.15, 0.2) is 35.5 Å². The second kappa shape index (κ2) is 5.73. The SMILES string of the molecule is C=C.CC1=C(C)C(=O)C2=C(CCNCC2)C1=O. The van der Waals surface area contributed by atoms with Gasteiger partial charge >= 0.3 is 0 Å². The van der Waals surface area contributed by atoms with Gasteiger partial charge < -0.3 is 5.32 Å². The molecule has 0 spiro atoms. The van der Waals surface area contributed by atoms with Crippen molar-refractivity contribution in [2.45, 2.75) is 26.7 Å². The molecule has 3 heteroatoms. The van der Waals surface area contributed by atoms with Crippen LogP contribution in [0, 0.1) is 0 Å². The van der Waals surface area contributed by atoms with Crippen molar-refractivity contribution in [3.63, 3.8) is 0 Å². The molecule has 0 amide bonds. The van der Waals surface area contributed by atoms with E-state index in [1.54, 1.807) is 13.8 Å². The highest BCUT2D eigenvalue weighted by molar-refractivity contribution is 6.24. The summed E-state index contributed by atoms with van der Waals surface area (Å²) in [6.45, 7) is 11.1. The van der Waals surface area contributed by atoms with Gasteiger partial charge in [0.15, 0.2) is 11.6 Å². The number of ketones is 2.